The number of rotatable bonds is 8. The van der Waals surface area contributed by atoms with Crippen LogP contribution in [0.5, 0.6) is 5.75 Å². The average molecular weight is 347 g/mol. The van der Waals surface area contributed by atoms with E-state index in [4.69, 9.17) is 10.6 Å². The van der Waals surface area contributed by atoms with Gasteiger partial charge in [0, 0.05) is 11.8 Å². The minimum atomic E-state index is 0.295. The van der Waals surface area contributed by atoms with Gasteiger partial charge in [-0.25, -0.2) is 0 Å². The van der Waals surface area contributed by atoms with Gasteiger partial charge in [0.2, 0.25) is 0 Å². The van der Waals surface area contributed by atoms with Crippen LogP contribution in [0.1, 0.15) is 19.4 Å². The summed E-state index contributed by atoms with van der Waals surface area (Å²) < 4.78 is 6.22. The number of hydrazine groups is 1. The van der Waals surface area contributed by atoms with E-state index in [0.717, 1.165) is 28.3 Å². The van der Waals surface area contributed by atoms with Crippen LogP contribution in [0.25, 0.3) is 0 Å². The molecule has 3 N–H and O–H groups in total. The summed E-state index contributed by atoms with van der Waals surface area (Å²) in [7, 11) is 1.67. The number of thioether (sulfide) groups is 1. The summed E-state index contributed by atoms with van der Waals surface area (Å²) in [6.07, 6.45) is 0.921. The van der Waals surface area contributed by atoms with Crippen molar-refractivity contribution in [3.05, 3.63) is 28.2 Å². The molecule has 1 aromatic rings. The maximum Gasteiger partial charge on any atom is 0.133 e. The lowest BCUT2D eigenvalue weighted by atomic mass is 10.1. The highest BCUT2D eigenvalue weighted by atomic mass is 79.9. The maximum absolute atomic E-state index is 5.63. The number of nitrogens with one attached hydrogen (secondary N) is 1. The summed E-state index contributed by atoms with van der Waals surface area (Å²) in [6, 6.07) is 6.45. The Bertz CT molecular complexity index is 388. The van der Waals surface area contributed by atoms with Crippen molar-refractivity contribution in [1.29, 1.82) is 0 Å². The smallest absolute Gasteiger partial charge is 0.133 e. The second-order valence-electron chi connectivity index (χ2n) is 4.97. The topological polar surface area (TPSA) is 47.3 Å². The minimum Gasteiger partial charge on any atom is -0.496 e. The van der Waals surface area contributed by atoms with Gasteiger partial charge in [-0.2, -0.15) is 11.8 Å². The molecule has 0 amide bonds. The first-order chi connectivity index (χ1) is 9.06. The average Bonchev–Trinajstić information content (AvgIpc) is 2.37. The van der Waals surface area contributed by atoms with Crippen LogP contribution in [0.4, 0.5) is 0 Å². The molecule has 0 aromatic heterocycles. The third kappa shape index (κ3) is 6.17. The molecule has 0 radical (unpaired) electrons. The lowest BCUT2D eigenvalue weighted by molar-refractivity contribution is 0.412. The number of hydrogen-bond donors (Lipinski definition) is 2. The fraction of sp³-hybridized carbons (Fsp3) is 0.571. The van der Waals surface area contributed by atoms with Gasteiger partial charge in [-0.05, 0) is 51.7 Å². The van der Waals surface area contributed by atoms with E-state index in [9.17, 15) is 0 Å². The standard InChI is InChI=1S/C14H23BrN2OS/c1-10(2)8-19-9-12(17-16)6-11-4-5-14(18-3)13(15)7-11/h4-5,7,10,12,17H,6,8-9,16H2,1-3H3. The highest BCUT2D eigenvalue weighted by Crippen LogP contribution is 2.26. The van der Waals surface area contributed by atoms with Crippen molar-refractivity contribution in [2.45, 2.75) is 26.3 Å². The van der Waals surface area contributed by atoms with Crippen LogP contribution in [0.3, 0.4) is 0 Å². The molecule has 3 nitrogen and oxygen atoms in total. The third-order valence-corrected chi connectivity index (χ3v) is 4.86. The van der Waals surface area contributed by atoms with Gasteiger partial charge in [0.05, 0.1) is 11.6 Å². The van der Waals surface area contributed by atoms with Crippen LogP contribution in [0.2, 0.25) is 0 Å². The van der Waals surface area contributed by atoms with Crippen molar-refractivity contribution in [3.8, 4) is 5.75 Å². The van der Waals surface area contributed by atoms with E-state index < -0.39 is 0 Å². The zero-order valence-corrected chi connectivity index (χ0v) is 14.2. The largest absolute Gasteiger partial charge is 0.496 e. The Hall–Kier alpha value is -0.230. The molecule has 0 saturated carbocycles. The second-order valence-corrected chi connectivity index (χ2v) is 6.90. The van der Waals surface area contributed by atoms with Gasteiger partial charge in [0.1, 0.15) is 5.75 Å². The Labute approximate surface area is 128 Å². The molecule has 0 aliphatic heterocycles. The second kappa shape index (κ2) is 8.84. The molecule has 108 valence electrons. The number of ether oxygens (including phenoxy) is 1. The fourth-order valence-electron chi connectivity index (χ4n) is 1.73. The molecular formula is C14H23BrN2OS. The highest BCUT2D eigenvalue weighted by Gasteiger charge is 2.10. The lowest BCUT2D eigenvalue weighted by Gasteiger charge is -2.17. The number of benzene rings is 1. The van der Waals surface area contributed by atoms with Crippen LogP contribution in [0.15, 0.2) is 22.7 Å². The summed E-state index contributed by atoms with van der Waals surface area (Å²) in [6.45, 7) is 4.47. The first kappa shape index (κ1) is 16.8. The molecule has 1 aromatic carbocycles. The lowest BCUT2D eigenvalue weighted by Crippen LogP contribution is -2.38. The van der Waals surface area contributed by atoms with E-state index >= 15 is 0 Å². The van der Waals surface area contributed by atoms with Gasteiger partial charge >= 0.3 is 0 Å². The quantitative estimate of drug-likeness (QED) is 0.560. The van der Waals surface area contributed by atoms with E-state index in [1.807, 2.05) is 17.8 Å². The summed E-state index contributed by atoms with van der Waals surface area (Å²) in [5, 5.41) is 0. The SMILES string of the molecule is COc1ccc(CC(CSCC(C)C)NN)cc1Br. The number of nitrogens with two attached hydrogens (primary N) is 1. The monoisotopic (exact) mass is 346 g/mol. The minimum absolute atomic E-state index is 0.295. The zero-order chi connectivity index (χ0) is 14.3. The van der Waals surface area contributed by atoms with Gasteiger partial charge < -0.3 is 4.74 Å². The predicted molar refractivity (Wildman–Crippen MR) is 87.7 cm³/mol. The van der Waals surface area contributed by atoms with Crippen LogP contribution in [0, 0.1) is 5.92 Å². The van der Waals surface area contributed by atoms with Crippen molar-refractivity contribution in [2.24, 2.45) is 11.8 Å². The van der Waals surface area contributed by atoms with E-state index in [-0.39, 0.29) is 0 Å². The van der Waals surface area contributed by atoms with Crippen molar-refractivity contribution in [2.75, 3.05) is 18.6 Å². The van der Waals surface area contributed by atoms with Crippen LogP contribution in [-0.4, -0.2) is 24.7 Å². The van der Waals surface area contributed by atoms with E-state index in [2.05, 4.69) is 47.3 Å². The molecule has 0 fully saturated rings. The Balaban J connectivity index is 2.53. The van der Waals surface area contributed by atoms with E-state index in [1.165, 1.54) is 11.3 Å². The van der Waals surface area contributed by atoms with Crippen molar-refractivity contribution in [1.82, 2.24) is 5.43 Å². The molecule has 0 aliphatic rings. The molecule has 0 saturated heterocycles. The molecule has 1 unspecified atom stereocenters. The summed E-state index contributed by atoms with van der Waals surface area (Å²) >= 11 is 5.46. The van der Waals surface area contributed by atoms with Gasteiger partial charge in [0.25, 0.3) is 0 Å². The van der Waals surface area contributed by atoms with E-state index in [1.54, 1.807) is 7.11 Å². The summed E-state index contributed by atoms with van der Waals surface area (Å²) in [4.78, 5) is 0. The van der Waals surface area contributed by atoms with Crippen molar-refractivity contribution >= 4 is 27.7 Å². The Kier molecular flexibility index (Phi) is 7.83. The molecule has 1 rings (SSSR count). The first-order valence-electron chi connectivity index (χ1n) is 6.43. The predicted octanol–water partition coefficient (Wildman–Crippen LogP) is 3.22. The molecule has 5 heteroatoms. The normalized spacial score (nSPS) is 12.7. The zero-order valence-electron chi connectivity index (χ0n) is 11.8. The summed E-state index contributed by atoms with van der Waals surface area (Å²) in [5.74, 6) is 9.41. The summed E-state index contributed by atoms with van der Waals surface area (Å²) in [5.41, 5.74) is 4.16. The van der Waals surface area contributed by atoms with Gasteiger partial charge in [-0.1, -0.05) is 19.9 Å². The fourth-order valence-corrected chi connectivity index (χ4v) is 3.43. The molecular weight excluding hydrogens is 324 g/mol. The third-order valence-electron chi connectivity index (χ3n) is 2.70. The molecule has 1 atom stereocenters. The van der Waals surface area contributed by atoms with Crippen molar-refractivity contribution < 1.29 is 4.74 Å². The van der Waals surface area contributed by atoms with Crippen molar-refractivity contribution in [3.63, 3.8) is 0 Å². The highest BCUT2D eigenvalue weighted by molar-refractivity contribution is 9.10. The molecule has 0 spiro atoms. The number of methoxy groups -OCH3 is 1. The van der Waals surface area contributed by atoms with Gasteiger partial charge in [-0.15, -0.1) is 0 Å². The number of hydrogen-bond acceptors (Lipinski definition) is 4. The molecule has 19 heavy (non-hydrogen) atoms. The molecule has 0 bridgehead atoms. The Morgan fingerprint density at radius 3 is 2.63 bits per heavy atom. The van der Waals surface area contributed by atoms with Gasteiger partial charge in [0.15, 0.2) is 0 Å². The van der Waals surface area contributed by atoms with Crippen LogP contribution >= 0.6 is 27.7 Å². The Morgan fingerprint density at radius 1 is 1.37 bits per heavy atom. The number of halogens is 1. The van der Waals surface area contributed by atoms with E-state index in [0.29, 0.717) is 6.04 Å². The molecule has 0 heterocycles. The maximum atomic E-state index is 5.63. The van der Waals surface area contributed by atoms with Gasteiger partial charge in [-0.3, -0.25) is 11.3 Å². The molecule has 0 aliphatic carbocycles. The Morgan fingerprint density at radius 2 is 2.11 bits per heavy atom. The first-order valence-corrected chi connectivity index (χ1v) is 8.37. The van der Waals surface area contributed by atoms with Crippen LogP contribution in [-0.2, 0) is 6.42 Å². The van der Waals surface area contributed by atoms with Crippen LogP contribution < -0.4 is 16.0 Å².